The van der Waals surface area contributed by atoms with Gasteiger partial charge in [-0.15, -0.1) is 0 Å². The monoisotopic (exact) mass is 360 g/mol. The molecule has 5 nitrogen and oxygen atoms in total. The molecule has 1 heterocycles. The number of anilines is 2. The van der Waals surface area contributed by atoms with E-state index in [0.717, 1.165) is 16.9 Å². The normalized spacial score (nSPS) is 10.5. The maximum atomic E-state index is 13.0. The topological polar surface area (TPSA) is 58.1 Å². The Bertz CT molecular complexity index is 907. The van der Waals surface area contributed by atoms with Gasteiger partial charge in [-0.1, -0.05) is 48.0 Å². The lowest BCUT2D eigenvalue weighted by molar-refractivity contribution is 0.0746. The zero-order chi connectivity index (χ0) is 19.2. The largest absolute Gasteiger partial charge is 0.333 e. The van der Waals surface area contributed by atoms with Gasteiger partial charge in [0.15, 0.2) is 0 Å². The number of amides is 1. The van der Waals surface area contributed by atoms with Gasteiger partial charge in [0.1, 0.15) is 5.69 Å². The summed E-state index contributed by atoms with van der Waals surface area (Å²) in [6.07, 6.45) is 0. The highest BCUT2D eigenvalue weighted by atomic mass is 16.2. The molecular formula is C22H24N4O. The summed E-state index contributed by atoms with van der Waals surface area (Å²) in [5, 5.41) is 3.18. The number of aromatic nitrogens is 2. The number of hydrogen-bond acceptors (Lipinski definition) is 4. The second kappa shape index (κ2) is 8.45. The number of benzene rings is 2. The maximum Gasteiger partial charge on any atom is 0.272 e. The van der Waals surface area contributed by atoms with Crippen molar-refractivity contribution < 1.29 is 4.79 Å². The van der Waals surface area contributed by atoms with Gasteiger partial charge in [0, 0.05) is 24.5 Å². The minimum Gasteiger partial charge on any atom is -0.333 e. The van der Waals surface area contributed by atoms with Crippen molar-refractivity contribution in [2.45, 2.75) is 27.3 Å². The second-order valence-electron chi connectivity index (χ2n) is 6.51. The average Bonchev–Trinajstić information content (AvgIpc) is 2.68. The van der Waals surface area contributed by atoms with Gasteiger partial charge in [0.2, 0.25) is 5.95 Å². The summed E-state index contributed by atoms with van der Waals surface area (Å²) in [6.45, 7) is 7.04. The molecule has 0 fully saturated rings. The first-order valence-corrected chi connectivity index (χ1v) is 9.07. The SMILES string of the molecule is CCN(Cc1ccccc1)C(=O)c1cc(C)nc(Nc2ccc(C)cc2)n1. The van der Waals surface area contributed by atoms with Crippen LogP contribution in [0.25, 0.3) is 0 Å². The van der Waals surface area contributed by atoms with Crippen molar-refractivity contribution in [2.24, 2.45) is 0 Å². The van der Waals surface area contributed by atoms with Gasteiger partial charge in [-0.2, -0.15) is 0 Å². The number of aryl methyl sites for hydroxylation is 2. The predicted molar refractivity (Wildman–Crippen MR) is 108 cm³/mol. The van der Waals surface area contributed by atoms with Crippen LogP contribution >= 0.6 is 0 Å². The van der Waals surface area contributed by atoms with Crippen LogP contribution in [0.3, 0.4) is 0 Å². The highest BCUT2D eigenvalue weighted by molar-refractivity contribution is 5.92. The first kappa shape index (κ1) is 18.6. The lowest BCUT2D eigenvalue weighted by atomic mass is 10.2. The van der Waals surface area contributed by atoms with Crippen molar-refractivity contribution in [2.75, 3.05) is 11.9 Å². The maximum absolute atomic E-state index is 13.0. The Hall–Kier alpha value is -3.21. The van der Waals surface area contributed by atoms with E-state index >= 15 is 0 Å². The van der Waals surface area contributed by atoms with E-state index in [1.165, 1.54) is 5.56 Å². The summed E-state index contributed by atoms with van der Waals surface area (Å²) in [5.41, 5.74) is 4.31. The summed E-state index contributed by atoms with van der Waals surface area (Å²) in [4.78, 5) is 23.6. The Labute approximate surface area is 160 Å². The molecule has 138 valence electrons. The molecule has 0 aliphatic carbocycles. The fraction of sp³-hybridized carbons (Fsp3) is 0.227. The van der Waals surface area contributed by atoms with Crippen molar-refractivity contribution >= 4 is 17.5 Å². The molecule has 0 radical (unpaired) electrons. The predicted octanol–water partition coefficient (Wildman–Crippen LogP) is 4.50. The molecule has 3 aromatic rings. The molecule has 1 aromatic heterocycles. The van der Waals surface area contributed by atoms with Crippen LogP contribution < -0.4 is 5.32 Å². The average molecular weight is 360 g/mol. The number of hydrogen-bond donors (Lipinski definition) is 1. The number of carbonyl (C=O) groups is 1. The molecule has 0 bridgehead atoms. The van der Waals surface area contributed by atoms with Gasteiger partial charge in [-0.3, -0.25) is 4.79 Å². The molecule has 0 atom stereocenters. The summed E-state index contributed by atoms with van der Waals surface area (Å²) >= 11 is 0. The van der Waals surface area contributed by atoms with Crippen molar-refractivity contribution in [3.63, 3.8) is 0 Å². The Morgan fingerprint density at radius 2 is 1.70 bits per heavy atom. The standard InChI is InChI=1S/C22H24N4O/c1-4-26(15-18-8-6-5-7-9-18)21(27)20-14-17(3)23-22(25-20)24-19-12-10-16(2)11-13-19/h5-14H,4,15H2,1-3H3,(H,23,24,25). The molecule has 1 N–H and O–H groups in total. The molecule has 0 aliphatic heterocycles. The van der Waals surface area contributed by atoms with Crippen LogP contribution in [0, 0.1) is 13.8 Å². The van der Waals surface area contributed by atoms with Gasteiger partial charge < -0.3 is 10.2 Å². The summed E-state index contributed by atoms with van der Waals surface area (Å²) in [7, 11) is 0. The molecule has 0 saturated heterocycles. The zero-order valence-corrected chi connectivity index (χ0v) is 15.9. The third-order valence-electron chi connectivity index (χ3n) is 4.27. The van der Waals surface area contributed by atoms with Crippen LogP contribution in [-0.4, -0.2) is 27.3 Å². The minimum atomic E-state index is -0.0983. The first-order valence-electron chi connectivity index (χ1n) is 9.07. The van der Waals surface area contributed by atoms with E-state index in [-0.39, 0.29) is 5.91 Å². The Morgan fingerprint density at radius 3 is 2.37 bits per heavy atom. The lowest BCUT2D eigenvalue weighted by Gasteiger charge is -2.21. The van der Waals surface area contributed by atoms with Crippen molar-refractivity contribution in [1.29, 1.82) is 0 Å². The summed E-state index contributed by atoms with van der Waals surface area (Å²) in [6, 6.07) is 19.7. The molecule has 0 aliphatic rings. The molecule has 1 amide bonds. The molecule has 0 unspecified atom stereocenters. The fourth-order valence-electron chi connectivity index (χ4n) is 2.79. The number of carbonyl (C=O) groups excluding carboxylic acids is 1. The Balaban J connectivity index is 1.81. The lowest BCUT2D eigenvalue weighted by Crippen LogP contribution is -2.31. The third-order valence-corrected chi connectivity index (χ3v) is 4.27. The molecule has 0 saturated carbocycles. The molecule has 2 aromatic carbocycles. The van der Waals surface area contributed by atoms with E-state index in [1.807, 2.05) is 75.4 Å². The van der Waals surface area contributed by atoms with E-state index in [1.54, 1.807) is 11.0 Å². The number of nitrogens with zero attached hydrogens (tertiary/aromatic N) is 3. The quantitative estimate of drug-likeness (QED) is 0.703. The smallest absolute Gasteiger partial charge is 0.272 e. The highest BCUT2D eigenvalue weighted by Gasteiger charge is 2.17. The van der Waals surface area contributed by atoms with Crippen LogP contribution in [0.1, 0.15) is 34.2 Å². The zero-order valence-electron chi connectivity index (χ0n) is 15.9. The Morgan fingerprint density at radius 1 is 1.00 bits per heavy atom. The van der Waals surface area contributed by atoms with Crippen molar-refractivity contribution in [3.05, 3.63) is 83.2 Å². The van der Waals surface area contributed by atoms with Crippen molar-refractivity contribution in [3.8, 4) is 0 Å². The molecule has 3 rings (SSSR count). The van der Waals surface area contributed by atoms with E-state index < -0.39 is 0 Å². The van der Waals surface area contributed by atoms with Gasteiger partial charge in [0.05, 0.1) is 0 Å². The Kier molecular flexibility index (Phi) is 5.81. The summed E-state index contributed by atoms with van der Waals surface area (Å²) in [5.74, 6) is 0.330. The van der Waals surface area contributed by atoms with E-state index in [4.69, 9.17) is 0 Å². The van der Waals surface area contributed by atoms with Crippen LogP contribution in [0.5, 0.6) is 0 Å². The molecule has 27 heavy (non-hydrogen) atoms. The highest BCUT2D eigenvalue weighted by Crippen LogP contribution is 2.16. The van der Waals surface area contributed by atoms with Gasteiger partial charge in [-0.05, 0) is 44.5 Å². The molecular weight excluding hydrogens is 336 g/mol. The minimum absolute atomic E-state index is 0.0983. The van der Waals surface area contributed by atoms with Crippen LogP contribution in [0.15, 0.2) is 60.7 Å². The van der Waals surface area contributed by atoms with Crippen LogP contribution in [0.4, 0.5) is 11.6 Å². The molecule has 0 spiro atoms. The van der Waals surface area contributed by atoms with Gasteiger partial charge in [-0.25, -0.2) is 9.97 Å². The van der Waals surface area contributed by atoms with Crippen LogP contribution in [0.2, 0.25) is 0 Å². The first-order chi connectivity index (χ1) is 13.0. The van der Waals surface area contributed by atoms with Crippen molar-refractivity contribution in [1.82, 2.24) is 14.9 Å². The van der Waals surface area contributed by atoms with Gasteiger partial charge in [0.25, 0.3) is 5.91 Å². The van der Waals surface area contributed by atoms with E-state index in [9.17, 15) is 4.79 Å². The fourth-order valence-corrected chi connectivity index (χ4v) is 2.79. The van der Waals surface area contributed by atoms with E-state index in [0.29, 0.717) is 24.7 Å². The third kappa shape index (κ3) is 4.91. The van der Waals surface area contributed by atoms with E-state index in [2.05, 4.69) is 15.3 Å². The summed E-state index contributed by atoms with van der Waals surface area (Å²) < 4.78 is 0. The second-order valence-corrected chi connectivity index (χ2v) is 6.51. The number of rotatable bonds is 6. The molecule has 5 heteroatoms. The van der Waals surface area contributed by atoms with Gasteiger partial charge >= 0.3 is 0 Å². The number of nitrogens with one attached hydrogen (secondary N) is 1. The van der Waals surface area contributed by atoms with Crippen LogP contribution in [-0.2, 0) is 6.54 Å².